The smallest absolute Gasteiger partial charge is 0.391 e. The van der Waals surface area contributed by atoms with Crippen molar-refractivity contribution >= 4 is 13.1 Å². The lowest BCUT2D eigenvalue weighted by molar-refractivity contribution is 0.162. The molecule has 0 aromatic heterocycles. The zero-order valence-corrected chi connectivity index (χ0v) is 10.7. The molecule has 0 aliphatic heterocycles. The summed E-state index contributed by atoms with van der Waals surface area (Å²) >= 11 is 0. The van der Waals surface area contributed by atoms with E-state index in [0.717, 1.165) is 12.0 Å². The molecule has 0 bridgehead atoms. The Labute approximate surface area is 101 Å². The van der Waals surface area contributed by atoms with Crippen LogP contribution in [0.25, 0.3) is 0 Å². The van der Waals surface area contributed by atoms with Crippen LogP contribution in [0.1, 0.15) is 25.3 Å². The molecule has 4 nitrogen and oxygen atoms in total. The molecular weight excluding hydrogens is 239 g/mol. The number of rotatable bonds is 6. The highest BCUT2D eigenvalue weighted by Gasteiger charge is 2.29. The van der Waals surface area contributed by atoms with E-state index in [1.807, 2.05) is 25.1 Å². The summed E-state index contributed by atoms with van der Waals surface area (Å²) < 4.78 is 16.4. The van der Waals surface area contributed by atoms with Crippen LogP contribution in [0.5, 0.6) is 0 Å². The molecule has 17 heavy (non-hydrogen) atoms. The molecule has 5 heteroatoms. The van der Waals surface area contributed by atoms with E-state index in [0.29, 0.717) is 6.42 Å². The van der Waals surface area contributed by atoms with E-state index in [-0.39, 0.29) is 12.8 Å². The van der Waals surface area contributed by atoms with Crippen molar-refractivity contribution in [2.75, 3.05) is 6.16 Å². The summed E-state index contributed by atoms with van der Waals surface area (Å²) in [5.41, 5.74) is -0.189. The van der Waals surface area contributed by atoms with Gasteiger partial charge < -0.3 is 9.63 Å². The Morgan fingerprint density at radius 2 is 2.00 bits per heavy atom. The predicted molar refractivity (Wildman–Crippen MR) is 66.2 cm³/mol. The Morgan fingerprint density at radius 1 is 1.35 bits per heavy atom. The van der Waals surface area contributed by atoms with Gasteiger partial charge in [-0.1, -0.05) is 43.7 Å². The molecule has 1 unspecified atom stereocenters. The summed E-state index contributed by atoms with van der Waals surface area (Å²) in [6.07, 6.45) is 1.32. The maximum Gasteiger partial charge on any atom is 0.391 e. The topological polar surface area (TPSA) is 63.6 Å². The van der Waals surface area contributed by atoms with Crippen molar-refractivity contribution in [2.24, 2.45) is 0 Å². The first kappa shape index (κ1) is 13.9. The summed E-state index contributed by atoms with van der Waals surface area (Å²) in [6.45, 7) is 1.94. The molecular formula is C12H17O4P. The van der Waals surface area contributed by atoms with Crippen LogP contribution < -0.4 is 0 Å². The Balaban J connectivity index is 2.47. The van der Waals surface area contributed by atoms with Gasteiger partial charge in [0.05, 0.1) is 0 Å². The van der Waals surface area contributed by atoms with Crippen molar-refractivity contribution in [3.63, 3.8) is 0 Å². The molecule has 1 N–H and O–H groups in total. The molecule has 0 saturated heterocycles. The van der Waals surface area contributed by atoms with Gasteiger partial charge in [0.25, 0.3) is 0 Å². The molecule has 1 rings (SSSR count). The van der Waals surface area contributed by atoms with E-state index >= 15 is 0 Å². The Bertz CT molecular complexity index is 402. The SMILES string of the molecule is CCCCP(=O)(O)C(=O)OCc1ccccc1. The maximum atomic E-state index is 11.6. The Morgan fingerprint density at radius 3 is 2.59 bits per heavy atom. The first-order chi connectivity index (χ1) is 8.06. The van der Waals surface area contributed by atoms with Crippen molar-refractivity contribution < 1.29 is 19.0 Å². The molecule has 1 atom stereocenters. The van der Waals surface area contributed by atoms with Crippen molar-refractivity contribution in [2.45, 2.75) is 26.4 Å². The third kappa shape index (κ3) is 4.72. The van der Waals surface area contributed by atoms with Gasteiger partial charge in [0.2, 0.25) is 0 Å². The van der Waals surface area contributed by atoms with Gasteiger partial charge in [-0.05, 0) is 12.0 Å². The lowest BCUT2D eigenvalue weighted by Gasteiger charge is -2.10. The van der Waals surface area contributed by atoms with E-state index < -0.39 is 13.1 Å². The van der Waals surface area contributed by atoms with Crippen LogP contribution in [-0.4, -0.2) is 16.8 Å². The number of unbranched alkanes of at least 4 members (excludes halogenated alkanes) is 1. The highest BCUT2D eigenvalue weighted by molar-refractivity contribution is 7.74. The fourth-order valence-corrected chi connectivity index (χ4v) is 2.48. The van der Waals surface area contributed by atoms with Crippen LogP contribution in [0, 0.1) is 0 Å². The number of benzene rings is 1. The molecule has 0 heterocycles. The monoisotopic (exact) mass is 256 g/mol. The van der Waals surface area contributed by atoms with Crippen molar-refractivity contribution in [3.05, 3.63) is 35.9 Å². The fraction of sp³-hybridized carbons (Fsp3) is 0.417. The second-order valence-corrected chi connectivity index (χ2v) is 6.03. The quantitative estimate of drug-likeness (QED) is 0.792. The van der Waals surface area contributed by atoms with E-state index in [1.165, 1.54) is 0 Å². The molecule has 0 saturated carbocycles. The average Bonchev–Trinajstić information content (AvgIpc) is 2.34. The first-order valence-electron chi connectivity index (χ1n) is 5.59. The summed E-state index contributed by atoms with van der Waals surface area (Å²) in [6, 6.07) is 9.07. The van der Waals surface area contributed by atoms with Crippen molar-refractivity contribution in [1.29, 1.82) is 0 Å². The van der Waals surface area contributed by atoms with E-state index in [1.54, 1.807) is 12.1 Å². The number of carbonyl (C=O) groups is 1. The van der Waals surface area contributed by atoms with Gasteiger partial charge in [0.15, 0.2) is 0 Å². The second-order valence-electron chi connectivity index (χ2n) is 3.82. The van der Waals surface area contributed by atoms with Crippen LogP contribution in [0.3, 0.4) is 0 Å². The van der Waals surface area contributed by atoms with Crippen molar-refractivity contribution in [1.82, 2.24) is 0 Å². The third-order valence-electron chi connectivity index (χ3n) is 2.31. The van der Waals surface area contributed by atoms with Gasteiger partial charge in [0.1, 0.15) is 6.61 Å². The zero-order valence-electron chi connectivity index (χ0n) is 9.83. The Kier molecular flexibility index (Phi) is 5.39. The van der Waals surface area contributed by atoms with Crippen LogP contribution in [0.2, 0.25) is 0 Å². The number of ether oxygens (including phenoxy) is 1. The zero-order chi connectivity index (χ0) is 12.7. The largest absolute Gasteiger partial charge is 0.454 e. The summed E-state index contributed by atoms with van der Waals surface area (Å²) in [7, 11) is -3.80. The predicted octanol–water partition coefficient (Wildman–Crippen LogP) is 3.39. The molecule has 0 fully saturated rings. The lowest BCUT2D eigenvalue weighted by Crippen LogP contribution is -2.06. The molecule has 0 aliphatic carbocycles. The maximum absolute atomic E-state index is 11.6. The Hall–Kier alpha value is -1.12. The first-order valence-corrected chi connectivity index (χ1v) is 7.44. The van der Waals surface area contributed by atoms with E-state index in [2.05, 4.69) is 0 Å². The standard InChI is InChI=1S/C12H17O4P/c1-2-3-9-17(14,15)12(13)16-10-11-7-5-4-6-8-11/h4-8H,2-3,9-10H2,1H3,(H,14,15). The van der Waals surface area contributed by atoms with Gasteiger partial charge in [-0.3, -0.25) is 4.57 Å². The minimum Gasteiger partial charge on any atom is -0.454 e. The normalized spacial score (nSPS) is 14.0. The highest BCUT2D eigenvalue weighted by Crippen LogP contribution is 2.43. The number of carbonyl (C=O) groups excluding carboxylic acids is 1. The molecule has 0 aliphatic rings. The highest BCUT2D eigenvalue weighted by atomic mass is 31.2. The molecule has 1 aromatic carbocycles. The van der Waals surface area contributed by atoms with Crippen LogP contribution in [0.4, 0.5) is 4.79 Å². The summed E-state index contributed by atoms with van der Waals surface area (Å²) in [4.78, 5) is 20.9. The van der Waals surface area contributed by atoms with E-state index in [9.17, 15) is 14.3 Å². The van der Waals surface area contributed by atoms with Gasteiger partial charge in [-0.2, -0.15) is 0 Å². The number of hydrogen-bond donors (Lipinski definition) is 1. The molecule has 94 valence electrons. The van der Waals surface area contributed by atoms with Gasteiger partial charge in [0, 0.05) is 6.16 Å². The third-order valence-corrected chi connectivity index (χ3v) is 3.93. The minimum atomic E-state index is -3.80. The molecule has 0 radical (unpaired) electrons. The van der Waals surface area contributed by atoms with E-state index in [4.69, 9.17) is 4.74 Å². The number of hydrogen-bond acceptors (Lipinski definition) is 3. The summed E-state index contributed by atoms with van der Waals surface area (Å²) in [5.74, 6) is 0. The molecule has 0 amide bonds. The van der Waals surface area contributed by atoms with Crippen LogP contribution in [-0.2, 0) is 15.9 Å². The van der Waals surface area contributed by atoms with Gasteiger partial charge >= 0.3 is 13.1 Å². The average molecular weight is 256 g/mol. The van der Waals surface area contributed by atoms with Gasteiger partial charge in [-0.25, -0.2) is 4.79 Å². The second kappa shape index (κ2) is 6.58. The summed E-state index contributed by atoms with van der Waals surface area (Å²) in [5, 5.41) is 0. The molecule has 1 aromatic rings. The minimum absolute atomic E-state index is 0.00285. The fourth-order valence-electron chi connectivity index (χ4n) is 1.28. The lowest BCUT2D eigenvalue weighted by atomic mass is 10.2. The molecule has 0 spiro atoms. The van der Waals surface area contributed by atoms with Gasteiger partial charge in [-0.15, -0.1) is 0 Å². The van der Waals surface area contributed by atoms with Crippen molar-refractivity contribution in [3.8, 4) is 0 Å². The van der Waals surface area contributed by atoms with Crippen LogP contribution >= 0.6 is 7.37 Å². The van der Waals surface area contributed by atoms with Crippen LogP contribution in [0.15, 0.2) is 30.3 Å².